The first-order valence-corrected chi connectivity index (χ1v) is 10.2. The van der Waals surface area contributed by atoms with Crippen LogP contribution in [0.2, 0.25) is 0 Å². The quantitative estimate of drug-likeness (QED) is 0.581. The summed E-state index contributed by atoms with van der Waals surface area (Å²) in [6.45, 7) is 5.48. The molecule has 0 atom stereocenters. The number of nitrogens with zero attached hydrogens (tertiary/aromatic N) is 1. The minimum absolute atomic E-state index is 0.226. The number of pyridine rings is 1. The van der Waals surface area contributed by atoms with E-state index in [2.05, 4.69) is 33.8 Å². The Hall–Kier alpha value is -3.32. The number of ether oxygens (including phenoxy) is 1. The SMILES string of the molecule is COc1ccc(NC(=O)c2cccnc2Sc2cc(C)ccc2C)cc1NC(C)=O. The molecule has 0 saturated heterocycles. The highest BCUT2D eigenvalue weighted by Gasteiger charge is 2.16. The van der Waals surface area contributed by atoms with Crippen molar-refractivity contribution in [3.63, 3.8) is 0 Å². The summed E-state index contributed by atoms with van der Waals surface area (Å²) in [6, 6.07) is 14.7. The number of benzene rings is 2. The number of aryl methyl sites for hydroxylation is 2. The van der Waals surface area contributed by atoms with Crippen LogP contribution >= 0.6 is 11.8 Å². The third kappa shape index (κ3) is 5.18. The number of hydrogen-bond donors (Lipinski definition) is 2. The van der Waals surface area contributed by atoms with Crippen LogP contribution in [-0.2, 0) is 4.79 Å². The van der Waals surface area contributed by atoms with E-state index in [1.807, 2.05) is 13.8 Å². The molecule has 1 heterocycles. The summed E-state index contributed by atoms with van der Waals surface area (Å²) in [6.07, 6.45) is 1.67. The van der Waals surface area contributed by atoms with Gasteiger partial charge in [-0.3, -0.25) is 9.59 Å². The van der Waals surface area contributed by atoms with Crippen molar-refractivity contribution in [3.8, 4) is 5.75 Å². The lowest BCUT2D eigenvalue weighted by Gasteiger charge is -2.13. The fraction of sp³-hybridized carbons (Fsp3) is 0.174. The predicted octanol–water partition coefficient (Wildman–Crippen LogP) is 5.07. The molecule has 154 valence electrons. The number of carbonyl (C=O) groups is 2. The summed E-state index contributed by atoms with van der Waals surface area (Å²) < 4.78 is 5.26. The zero-order valence-electron chi connectivity index (χ0n) is 17.3. The topological polar surface area (TPSA) is 80.3 Å². The van der Waals surface area contributed by atoms with Gasteiger partial charge in [0.15, 0.2) is 0 Å². The van der Waals surface area contributed by atoms with Gasteiger partial charge in [0, 0.05) is 23.7 Å². The molecule has 0 bridgehead atoms. The van der Waals surface area contributed by atoms with Crippen molar-refractivity contribution >= 4 is 35.0 Å². The van der Waals surface area contributed by atoms with Gasteiger partial charge in [-0.15, -0.1) is 0 Å². The van der Waals surface area contributed by atoms with E-state index in [9.17, 15) is 9.59 Å². The number of nitrogens with one attached hydrogen (secondary N) is 2. The Bertz CT molecular complexity index is 1100. The molecule has 7 heteroatoms. The zero-order valence-corrected chi connectivity index (χ0v) is 18.1. The summed E-state index contributed by atoms with van der Waals surface area (Å²) in [7, 11) is 1.52. The van der Waals surface area contributed by atoms with Crippen LogP contribution in [0.1, 0.15) is 28.4 Å². The van der Waals surface area contributed by atoms with Crippen LogP contribution in [0.15, 0.2) is 64.6 Å². The van der Waals surface area contributed by atoms with E-state index < -0.39 is 0 Å². The smallest absolute Gasteiger partial charge is 0.258 e. The van der Waals surface area contributed by atoms with Gasteiger partial charge in [-0.2, -0.15) is 0 Å². The largest absolute Gasteiger partial charge is 0.495 e. The fourth-order valence-corrected chi connectivity index (χ4v) is 3.90. The van der Waals surface area contributed by atoms with Crippen LogP contribution in [0, 0.1) is 13.8 Å². The molecule has 0 unspecified atom stereocenters. The molecule has 0 aliphatic heterocycles. The van der Waals surface area contributed by atoms with Crippen molar-refractivity contribution in [2.45, 2.75) is 30.7 Å². The van der Waals surface area contributed by atoms with E-state index in [0.717, 1.165) is 16.0 Å². The number of methoxy groups -OCH3 is 1. The van der Waals surface area contributed by atoms with Gasteiger partial charge in [-0.25, -0.2) is 4.98 Å². The predicted molar refractivity (Wildman–Crippen MR) is 120 cm³/mol. The van der Waals surface area contributed by atoms with Crippen molar-refractivity contribution in [3.05, 3.63) is 71.4 Å². The van der Waals surface area contributed by atoms with Crippen LogP contribution in [0.25, 0.3) is 0 Å². The first-order chi connectivity index (χ1) is 14.4. The number of hydrogen-bond acceptors (Lipinski definition) is 5. The van der Waals surface area contributed by atoms with Gasteiger partial charge in [0.2, 0.25) is 5.91 Å². The number of amides is 2. The van der Waals surface area contributed by atoms with Crippen molar-refractivity contribution < 1.29 is 14.3 Å². The Morgan fingerprint density at radius 1 is 1.03 bits per heavy atom. The van der Waals surface area contributed by atoms with Gasteiger partial charge in [0.1, 0.15) is 10.8 Å². The highest BCUT2D eigenvalue weighted by atomic mass is 32.2. The minimum Gasteiger partial charge on any atom is -0.495 e. The molecule has 0 fully saturated rings. The molecule has 0 aliphatic carbocycles. The second-order valence-electron chi connectivity index (χ2n) is 6.78. The number of rotatable bonds is 6. The molecular formula is C23H23N3O3S. The average molecular weight is 422 g/mol. The maximum absolute atomic E-state index is 13.0. The van der Waals surface area contributed by atoms with Crippen molar-refractivity contribution in [1.82, 2.24) is 4.98 Å². The molecule has 2 aromatic carbocycles. The molecule has 3 aromatic rings. The Morgan fingerprint density at radius 3 is 2.57 bits per heavy atom. The third-order valence-electron chi connectivity index (χ3n) is 4.33. The maximum Gasteiger partial charge on any atom is 0.258 e. The van der Waals surface area contributed by atoms with E-state index in [0.29, 0.717) is 27.7 Å². The fourth-order valence-electron chi connectivity index (χ4n) is 2.84. The van der Waals surface area contributed by atoms with Gasteiger partial charge >= 0.3 is 0 Å². The number of aromatic nitrogens is 1. The number of anilines is 2. The molecule has 1 aromatic heterocycles. The van der Waals surface area contributed by atoms with E-state index in [4.69, 9.17) is 4.74 Å². The molecular weight excluding hydrogens is 398 g/mol. The van der Waals surface area contributed by atoms with Gasteiger partial charge in [-0.1, -0.05) is 23.9 Å². The highest BCUT2D eigenvalue weighted by molar-refractivity contribution is 7.99. The second kappa shape index (κ2) is 9.45. The summed E-state index contributed by atoms with van der Waals surface area (Å²) in [4.78, 5) is 29.9. The van der Waals surface area contributed by atoms with Crippen molar-refractivity contribution in [2.24, 2.45) is 0 Å². The standard InChI is InChI=1S/C23H23N3O3S/c1-14-7-8-15(2)21(12-14)30-23-18(6-5-11-24-23)22(28)26-17-9-10-20(29-4)19(13-17)25-16(3)27/h5-13H,1-4H3,(H,25,27)(H,26,28). The monoisotopic (exact) mass is 421 g/mol. The van der Waals surface area contributed by atoms with E-state index in [-0.39, 0.29) is 11.8 Å². The van der Waals surface area contributed by atoms with Gasteiger partial charge in [0.05, 0.1) is 18.4 Å². The molecule has 3 rings (SSSR count). The van der Waals surface area contributed by atoms with Crippen LogP contribution in [0.3, 0.4) is 0 Å². The van der Waals surface area contributed by atoms with Gasteiger partial charge < -0.3 is 15.4 Å². The van der Waals surface area contributed by atoms with Crippen LogP contribution in [0.5, 0.6) is 5.75 Å². The van der Waals surface area contributed by atoms with E-state index in [1.54, 1.807) is 36.5 Å². The maximum atomic E-state index is 13.0. The van der Waals surface area contributed by atoms with Crippen molar-refractivity contribution in [2.75, 3.05) is 17.7 Å². The lowest BCUT2D eigenvalue weighted by Crippen LogP contribution is -2.14. The molecule has 2 amide bonds. The molecule has 30 heavy (non-hydrogen) atoms. The molecule has 2 N–H and O–H groups in total. The summed E-state index contributed by atoms with van der Waals surface area (Å²) in [5.41, 5.74) is 3.77. The van der Waals surface area contributed by atoms with Gasteiger partial charge in [-0.05, 0) is 61.4 Å². The van der Waals surface area contributed by atoms with E-state index in [1.165, 1.54) is 25.8 Å². The van der Waals surface area contributed by atoms with E-state index >= 15 is 0 Å². The first-order valence-electron chi connectivity index (χ1n) is 9.34. The number of carbonyl (C=O) groups excluding carboxylic acids is 2. The Morgan fingerprint density at radius 2 is 1.83 bits per heavy atom. The second-order valence-corrected chi connectivity index (χ2v) is 7.81. The molecule has 6 nitrogen and oxygen atoms in total. The summed E-state index contributed by atoms with van der Waals surface area (Å²) in [5, 5.41) is 6.20. The summed E-state index contributed by atoms with van der Waals surface area (Å²) >= 11 is 1.46. The third-order valence-corrected chi connectivity index (χ3v) is 5.51. The normalized spacial score (nSPS) is 10.4. The molecule has 0 spiro atoms. The van der Waals surface area contributed by atoms with Gasteiger partial charge in [0.25, 0.3) is 5.91 Å². The molecule has 0 saturated carbocycles. The van der Waals surface area contributed by atoms with Crippen LogP contribution < -0.4 is 15.4 Å². The Kier molecular flexibility index (Phi) is 6.74. The van der Waals surface area contributed by atoms with Crippen LogP contribution in [-0.4, -0.2) is 23.9 Å². The summed E-state index contributed by atoms with van der Waals surface area (Å²) in [5.74, 6) is 0.00170. The van der Waals surface area contributed by atoms with Crippen LogP contribution in [0.4, 0.5) is 11.4 Å². The van der Waals surface area contributed by atoms with Crippen molar-refractivity contribution in [1.29, 1.82) is 0 Å². The first kappa shape index (κ1) is 21.4. The minimum atomic E-state index is -0.283. The molecule has 0 radical (unpaired) electrons. The lowest BCUT2D eigenvalue weighted by atomic mass is 10.2. The Labute approximate surface area is 180 Å². The average Bonchev–Trinajstić information content (AvgIpc) is 2.71. The zero-order chi connectivity index (χ0) is 21.7. The Balaban J connectivity index is 1.86. The molecule has 0 aliphatic rings. The lowest BCUT2D eigenvalue weighted by molar-refractivity contribution is -0.114. The highest BCUT2D eigenvalue weighted by Crippen LogP contribution is 2.33.